The molecule has 6 nitrogen and oxygen atoms in total. The molecule has 1 amide bonds. The van der Waals surface area contributed by atoms with Gasteiger partial charge in [0, 0.05) is 10.0 Å². The molecule has 29 heavy (non-hydrogen) atoms. The molecule has 0 atom stereocenters. The zero-order valence-corrected chi connectivity index (χ0v) is 16.9. The molecule has 7 heteroatoms. The third kappa shape index (κ3) is 3.64. The zero-order chi connectivity index (χ0) is 20.5. The highest BCUT2D eigenvalue weighted by Crippen LogP contribution is 2.31. The number of hydrazone groups is 1. The molecule has 0 fully saturated rings. The summed E-state index contributed by atoms with van der Waals surface area (Å²) in [7, 11) is 0. The molecule has 4 rings (SSSR count). The van der Waals surface area contributed by atoms with Crippen LogP contribution in [0.5, 0.6) is 0 Å². The van der Waals surface area contributed by atoms with Crippen LogP contribution in [-0.2, 0) is 4.79 Å². The van der Waals surface area contributed by atoms with Gasteiger partial charge in [-0.3, -0.25) is 4.79 Å². The van der Waals surface area contributed by atoms with E-state index in [0.717, 1.165) is 10.0 Å². The summed E-state index contributed by atoms with van der Waals surface area (Å²) in [4.78, 5) is 24.1. The van der Waals surface area contributed by atoms with Crippen molar-refractivity contribution in [2.45, 2.75) is 6.92 Å². The van der Waals surface area contributed by atoms with E-state index >= 15 is 0 Å². The zero-order valence-electron chi connectivity index (χ0n) is 15.3. The van der Waals surface area contributed by atoms with Crippen LogP contribution in [0, 0.1) is 0 Å². The molecule has 1 N–H and O–H groups in total. The van der Waals surface area contributed by atoms with Crippen molar-refractivity contribution in [3.05, 3.63) is 82.0 Å². The quantitative estimate of drug-likeness (QED) is 0.552. The molecule has 1 aliphatic heterocycles. The number of nitrogens with zero attached hydrogens (tertiary/aromatic N) is 2. The third-order valence-corrected chi connectivity index (χ3v) is 5.14. The van der Waals surface area contributed by atoms with Gasteiger partial charge in [-0.15, -0.1) is 0 Å². The van der Waals surface area contributed by atoms with Gasteiger partial charge in [0.15, 0.2) is 0 Å². The second-order valence-electron chi connectivity index (χ2n) is 6.40. The Bertz CT molecular complexity index is 1190. The summed E-state index contributed by atoms with van der Waals surface area (Å²) in [5.41, 5.74) is 2.30. The van der Waals surface area contributed by atoms with E-state index < -0.39 is 5.97 Å². The van der Waals surface area contributed by atoms with E-state index in [-0.39, 0.29) is 11.5 Å². The van der Waals surface area contributed by atoms with E-state index in [1.807, 2.05) is 30.3 Å². The predicted molar refractivity (Wildman–Crippen MR) is 114 cm³/mol. The number of hydrogen-bond acceptors (Lipinski definition) is 4. The molecule has 2 heterocycles. The summed E-state index contributed by atoms with van der Waals surface area (Å²) < 4.78 is 6.80. The van der Waals surface area contributed by atoms with E-state index in [4.69, 9.17) is 9.52 Å². The molecular weight excluding hydrogens is 436 g/mol. The summed E-state index contributed by atoms with van der Waals surface area (Å²) >= 11 is 3.50. The van der Waals surface area contributed by atoms with Gasteiger partial charge in [-0.2, -0.15) is 10.1 Å². The smallest absolute Gasteiger partial charge is 0.335 e. The molecule has 0 spiro atoms. The highest BCUT2D eigenvalue weighted by Gasteiger charge is 2.29. The minimum Gasteiger partial charge on any atom is -0.478 e. The van der Waals surface area contributed by atoms with Crippen LogP contribution in [0.15, 0.2) is 80.2 Å². The number of rotatable bonds is 4. The van der Waals surface area contributed by atoms with Gasteiger partial charge in [-0.25, -0.2) is 4.79 Å². The first-order valence-electron chi connectivity index (χ1n) is 8.74. The minimum absolute atomic E-state index is 0.0877. The Morgan fingerprint density at radius 2 is 1.93 bits per heavy atom. The molecule has 0 aliphatic carbocycles. The van der Waals surface area contributed by atoms with Gasteiger partial charge in [-0.1, -0.05) is 40.2 Å². The number of hydrogen-bond donors (Lipinski definition) is 1. The molecule has 144 valence electrons. The largest absolute Gasteiger partial charge is 0.478 e. The number of amides is 1. The average molecular weight is 451 g/mol. The molecule has 1 aromatic heterocycles. The summed E-state index contributed by atoms with van der Waals surface area (Å²) in [5.74, 6) is -0.209. The maximum absolute atomic E-state index is 12.9. The molecule has 2 aromatic carbocycles. The van der Waals surface area contributed by atoms with Crippen molar-refractivity contribution in [2.75, 3.05) is 5.01 Å². The lowest BCUT2D eigenvalue weighted by Gasteiger charge is -2.12. The van der Waals surface area contributed by atoms with Gasteiger partial charge < -0.3 is 9.52 Å². The first kappa shape index (κ1) is 18.9. The van der Waals surface area contributed by atoms with E-state index in [0.29, 0.717) is 28.5 Å². The molecule has 0 saturated carbocycles. The SMILES string of the molecule is CC1=NN(c2cccc(C(=O)O)c2)C(=O)/C1=C\c1ccc(-c2ccccc2Br)o1. The van der Waals surface area contributed by atoms with Gasteiger partial charge in [0.1, 0.15) is 11.5 Å². The van der Waals surface area contributed by atoms with E-state index in [1.165, 1.54) is 17.1 Å². The summed E-state index contributed by atoms with van der Waals surface area (Å²) in [6.07, 6.45) is 1.64. The van der Waals surface area contributed by atoms with Gasteiger partial charge in [0.25, 0.3) is 5.91 Å². The number of carboxylic acid groups (broad SMARTS) is 1. The van der Waals surface area contributed by atoms with Crippen molar-refractivity contribution in [3.63, 3.8) is 0 Å². The van der Waals surface area contributed by atoms with Crippen LogP contribution in [0.3, 0.4) is 0 Å². The standard InChI is InChI=1S/C22H15BrN2O4/c1-13-18(12-16-9-10-20(29-16)17-7-2-3-8-19(17)23)21(26)25(24-13)15-6-4-5-14(11-15)22(27)28/h2-12H,1H3,(H,27,28)/b18-12-. The van der Waals surface area contributed by atoms with Crippen LogP contribution in [0.1, 0.15) is 23.0 Å². The predicted octanol–water partition coefficient (Wildman–Crippen LogP) is 5.21. The maximum Gasteiger partial charge on any atom is 0.335 e. The van der Waals surface area contributed by atoms with Crippen LogP contribution in [0.4, 0.5) is 5.69 Å². The van der Waals surface area contributed by atoms with E-state index in [1.54, 1.807) is 31.2 Å². The first-order valence-corrected chi connectivity index (χ1v) is 9.53. The molecular formula is C22H15BrN2O4. The highest BCUT2D eigenvalue weighted by molar-refractivity contribution is 9.10. The second-order valence-corrected chi connectivity index (χ2v) is 7.25. The molecule has 3 aromatic rings. The number of carbonyl (C=O) groups excluding carboxylic acids is 1. The summed E-state index contributed by atoms with van der Waals surface area (Å²) in [6, 6.07) is 17.4. The van der Waals surface area contributed by atoms with Crippen molar-refractivity contribution in [3.8, 4) is 11.3 Å². The lowest BCUT2D eigenvalue weighted by Crippen LogP contribution is -2.21. The van der Waals surface area contributed by atoms with E-state index in [9.17, 15) is 9.59 Å². The number of halogens is 1. The first-order chi connectivity index (χ1) is 13.9. The van der Waals surface area contributed by atoms with Crippen LogP contribution in [0.2, 0.25) is 0 Å². The Balaban J connectivity index is 1.64. The fraction of sp³-hybridized carbons (Fsp3) is 0.0455. The van der Waals surface area contributed by atoms with Gasteiger partial charge in [0.2, 0.25) is 0 Å². The van der Waals surface area contributed by atoms with E-state index in [2.05, 4.69) is 21.0 Å². The van der Waals surface area contributed by atoms with Crippen LogP contribution >= 0.6 is 15.9 Å². The lowest BCUT2D eigenvalue weighted by molar-refractivity contribution is -0.114. The van der Waals surface area contributed by atoms with Crippen molar-refractivity contribution in [2.24, 2.45) is 5.10 Å². The average Bonchev–Trinajstić information content (AvgIpc) is 3.28. The van der Waals surface area contributed by atoms with Crippen molar-refractivity contribution < 1.29 is 19.1 Å². The Morgan fingerprint density at radius 3 is 2.69 bits per heavy atom. The van der Waals surface area contributed by atoms with Gasteiger partial charge in [-0.05, 0) is 49.4 Å². The van der Waals surface area contributed by atoms with Crippen molar-refractivity contribution in [1.29, 1.82) is 0 Å². The van der Waals surface area contributed by atoms with Crippen LogP contribution in [0.25, 0.3) is 17.4 Å². The monoisotopic (exact) mass is 450 g/mol. The lowest BCUT2D eigenvalue weighted by atomic mass is 10.1. The Morgan fingerprint density at radius 1 is 1.14 bits per heavy atom. The Kier molecular flexibility index (Phi) is 4.90. The van der Waals surface area contributed by atoms with Crippen LogP contribution < -0.4 is 5.01 Å². The number of furan rings is 1. The number of aromatic carboxylic acids is 1. The maximum atomic E-state index is 12.9. The molecule has 1 aliphatic rings. The number of carbonyl (C=O) groups is 2. The Labute approximate surface area is 174 Å². The Hall–Kier alpha value is -3.45. The van der Waals surface area contributed by atoms with Gasteiger partial charge >= 0.3 is 5.97 Å². The molecule has 0 unspecified atom stereocenters. The molecule has 0 bridgehead atoms. The third-order valence-electron chi connectivity index (χ3n) is 4.45. The topological polar surface area (TPSA) is 83.1 Å². The number of carboxylic acids is 1. The van der Waals surface area contributed by atoms with Crippen molar-refractivity contribution in [1.82, 2.24) is 0 Å². The van der Waals surface area contributed by atoms with Gasteiger partial charge in [0.05, 0.1) is 22.5 Å². The van der Waals surface area contributed by atoms with Crippen molar-refractivity contribution >= 4 is 45.3 Å². The summed E-state index contributed by atoms with van der Waals surface area (Å²) in [6.45, 7) is 1.72. The minimum atomic E-state index is -1.06. The fourth-order valence-electron chi connectivity index (χ4n) is 3.01. The second kappa shape index (κ2) is 7.52. The molecule has 0 radical (unpaired) electrons. The number of anilines is 1. The summed E-state index contributed by atoms with van der Waals surface area (Å²) in [5, 5.41) is 14.7. The fourth-order valence-corrected chi connectivity index (χ4v) is 3.49. The molecule has 0 saturated heterocycles. The van der Waals surface area contributed by atoms with Crippen LogP contribution in [-0.4, -0.2) is 22.7 Å². The normalized spacial score (nSPS) is 15.1. The highest BCUT2D eigenvalue weighted by atomic mass is 79.9. The number of benzene rings is 2.